The standard InChI is InChI=1S/C42H37N3O10/c1-21-9-11-24(12-10-21)43-45-38(49)30-20-29-26(15-16-28-34(29)39(50)44(37(28)48)25-13-14-27(40(51)52)31(46)19-25)35(22-17-32(54-2)36(47)33(18-22)55-3)42(30,41(45)53)23-7-5-4-6-8-23/h4-15,17-19,28-30,34-35,43,46-47H,16,20H2,1-3H3,(H,51,52). The molecule has 3 fully saturated rings. The van der Waals surface area contributed by atoms with E-state index in [-0.39, 0.29) is 41.3 Å². The van der Waals surface area contributed by atoms with Crippen molar-refractivity contribution in [3.63, 3.8) is 0 Å². The molecule has 0 spiro atoms. The lowest BCUT2D eigenvalue weighted by atomic mass is 9.49. The highest BCUT2D eigenvalue weighted by atomic mass is 16.5. The number of carbonyl (C=O) groups excluding carboxylic acids is 4. The number of carbonyl (C=O) groups is 5. The molecule has 4 aliphatic rings. The number of fused-ring (bicyclic) bond motifs is 4. The molecular formula is C42H37N3O10. The van der Waals surface area contributed by atoms with Gasteiger partial charge in [0.05, 0.1) is 48.8 Å². The van der Waals surface area contributed by atoms with E-state index in [1.165, 1.54) is 20.3 Å². The molecule has 0 bridgehead atoms. The molecule has 13 nitrogen and oxygen atoms in total. The van der Waals surface area contributed by atoms with Crippen LogP contribution in [0.25, 0.3) is 0 Å². The first kappa shape index (κ1) is 35.4. The maximum absolute atomic E-state index is 15.4. The van der Waals surface area contributed by atoms with E-state index in [0.29, 0.717) is 22.4 Å². The number of benzene rings is 4. The van der Waals surface area contributed by atoms with Gasteiger partial charge in [0.2, 0.25) is 17.6 Å². The van der Waals surface area contributed by atoms with Gasteiger partial charge in [-0.05, 0) is 73.2 Å². The van der Waals surface area contributed by atoms with Crippen molar-refractivity contribution in [1.29, 1.82) is 0 Å². The Morgan fingerprint density at radius 2 is 1.51 bits per heavy atom. The van der Waals surface area contributed by atoms with Gasteiger partial charge in [-0.15, -0.1) is 0 Å². The zero-order chi connectivity index (χ0) is 38.9. The molecule has 4 aromatic rings. The molecule has 4 aromatic carbocycles. The summed E-state index contributed by atoms with van der Waals surface area (Å²) >= 11 is 0. The molecule has 0 radical (unpaired) electrons. The van der Waals surface area contributed by atoms with Crippen LogP contribution in [0.3, 0.4) is 0 Å². The van der Waals surface area contributed by atoms with Crippen LogP contribution in [0.2, 0.25) is 0 Å². The molecule has 2 aliphatic carbocycles. The summed E-state index contributed by atoms with van der Waals surface area (Å²) in [5, 5.41) is 32.0. The van der Waals surface area contributed by atoms with Crippen LogP contribution in [-0.4, -0.2) is 64.1 Å². The highest BCUT2D eigenvalue weighted by Gasteiger charge is 2.70. The van der Waals surface area contributed by atoms with Crippen molar-refractivity contribution >= 4 is 41.0 Å². The molecule has 8 rings (SSSR count). The fourth-order valence-corrected chi connectivity index (χ4v) is 9.30. The molecule has 2 saturated heterocycles. The van der Waals surface area contributed by atoms with Crippen LogP contribution in [0.1, 0.15) is 45.8 Å². The monoisotopic (exact) mass is 743 g/mol. The van der Waals surface area contributed by atoms with Gasteiger partial charge in [0.1, 0.15) is 11.3 Å². The summed E-state index contributed by atoms with van der Waals surface area (Å²) < 4.78 is 11.1. The summed E-state index contributed by atoms with van der Waals surface area (Å²) in [7, 11) is 2.77. The Kier molecular flexibility index (Phi) is 8.40. The van der Waals surface area contributed by atoms with Crippen molar-refractivity contribution in [2.24, 2.45) is 23.7 Å². The number of hydrazine groups is 1. The second-order valence-electron chi connectivity index (χ2n) is 14.4. The Hall–Kier alpha value is -6.63. The third kappa shape index (κ3) is 5.17. The van der Waals surface area contributed by atoms with Gasteiger partial charge in [0.25, 0.3) is 11.8 Å². The number of methoxy groups -OCH3 is 2. The number of phenolic OH excluding ortho intramolecular Hbond substituents is 1. The van der Waals surface area contributed by atoms with E-state index in [0.717, 1.165) is 27.6 Å². The van der Waals surface area contributed by atoms with Crippen LogP contribution in [0.5, 0.6) is 23.0 Å². The number of nitrogens with one attached hydrogen (secondary N) is 1. The summed E-state index contributed by atoms with van der Waals surface area (Å²) in [6.07, 6.45) is 2.05. The van der Waals surface area contributed by atoms with Gasteiger partial charge in [-0.2, -0.15) is 5.01 Å². The fourth-order valence-electron chi connectivity index (χ4n) is 9.30. The second-order valence-corrected chi connectivity index (χ2v) is 14.4. The number of carboxylic acids is 1. The molecule has 2 aliphatic heterocycles. The first-order chi connectivity index (χ1) is 26.4. The second kappa shape index (κ2) is 13.0. The SMILES string of the molecule is COc1cc(C2C3=CCC4C(=O)N(c5ccc(C(=O)O)c(O)c5)C(=O)C4C3CC3C(=O)N(Nc4ccc(C)cc4)C(=O)C32c2ccccc2)cc(OC)c1O. The van der Waals surface area contributed by atoms with Gasteiger partial charge >= 0.3 is 5.97 Å². The Labute approximate surface area is 315 Å². The lowest BCUT2D eigenvalue weighted by Crippen LogP contribution is -2.53. The fraction of sp³-hybridized carbons (Fsp3) is 0.262. The van der Waals surface area contributed by atoms with Crippen LogP contribution in [0.15, 0.2) is 96.6 Å². The number of anilines is 2. The Morgan fingerprint density at radius 1 is 0.836 bits per heavy atom. The summed E-state index contributed by atoms with van der Waals surface area (Å²) in [6, 6.07) is 23.0. The predicted molar refractivity (Wildman–Crippen MR) is 198 cm³/mol. The van der Waals surface area contributed by atoms with Crippen LogP contribution in [0, 0.1) is 30.6 Å². The van der Waals surface area contributed by atoms with Gasteiger partial charge in [0.15, 0.2) is 11.5 Å². The number of ether oxygens (including phenoxy) is 2. The van der Waals surface area contributed by atoms with Crippen molar-refractivity contribution in [3.8, 4) is 23.0 Å². The minimum atomic E-state index is -1.57. The van der Waals surface area contributed by atoms with E-state index in [1.807, 2.05) is 31.2 Å². The third-order valence-corrected chi connectivity index (χ3v) is 11.7. The first-order valence-electron chi connectivity index (χ1n) is 17.8. The zero-order valence-corrected chi connectivity index (χ0v) is 30.1. The molecule has 13 heteroatoms. The quantitative estimate of drug-likeness (QED) is 0.136. The average Bonchev–Trinajstić information content (AvgIpc) is 3.56. The molecule has 6 unspecified atom stereocenters. The maximum Gasteiger partial charge on any atom is 0.339 e. The Morgan fingerprint density at radius 3 is 2.13 bits per heavy atom. The van der Waals surface area contributed by atoms with Gasteiger partial charge in [-0.3, -0.25) is 24.6 Å². The minimum Gasteiger partial charge on any atom is -0.507 e. The smallest absolute Gasteiger partial charge is 0.339 e. The van der Waals surface area contributed by atoms with E-state index in [9.17, 15) is 34.5 Å². The summed E-state index contributed by atoms with van der Waals surface area (Å²) in [6.45, 7) is 1.92. The molecular weight excluding hydrogens is 706 g/mol. The lowest BCUT2D eigenvalue weighted by molar-refractivity contribution is -0.138. The third-order valence-electron chi connectivity index (χ3n) is 11.7. The van der Waals surface area contributed by atoms with Crippen molar-refractivity contribution in [1.82, 2.24) is 5.01 Å². The first-order valence-corrected chi connectivity index (χ1v) is 17.8. The van der Waals surface area contributed by atoms with Gasteiger partial charge < -0.3 is 24.8 Å². The molecule has 0 aromatic heterocycles. The minimum absolute atomic E-state index is 0.0213. The van der Waals surface area contributed by atoms with Crippen molar-refractivity contribution < 1.29 is 48.8 Å². The molecule has 55 heavy (non-hydrogen) atoms. The number of hydrogen-bond acceptors (Lipinski definition) is 10. The van der Waals surface area contributed by atoms with Crippen LogP contribution in [-0.2, 0) is 24.6 Å². The maximum atomic E-state index is 15.4. The van der Waals surface area contributed by atoms with Crippen molar-refractivity contribution in [2.45, 2.75) is 31.1 Å². The van der Waals surface area contributed by atoms with Gasteiger partial charge in [0, 0.05) is 12.0 Å². The van der Waals surface area contributed by atoms with Crippen molar-refractivity contribution in [2.75, 3.05) is 24.5 Å². The number of rotatable bonds is 8. The number of allylic oxidation sites excluding steroid dienone is 2. The Bertz CT molecular complexity index is 2300. The van der Waals surface area contributed by atoms with Crippen LogP contribution < -0.4 is 19.8 Å². The Balaban J connectivity index is 1.33. The predicted octanol–water partition coefficient (Wildman–Crippen LogP) is 5.31. The van der Waals surface area contributed by atoms with Crippen LogP contribution >= 0.6 is 0 Å². The topological polar surface area (TPSA) is 183 Å². The molecule has 1 saturated carbocycles. The average molecular weight is 744 g/mol. The van der Waals surface area contributed by atoms with E-state index in [2.05, 4.69) is 5.43 Å². The van der Waals surface area contributed by atoms with Crippen molar-refractivity contribution in [3.05, 3.63) is 119 Å². The number of aromatic carboxylic acids is 1. The number of aromatic hydroxyl groups is 2. The number of amides is 4. The van der Waals surface area contributed by atoms with Crippen LogP contribution in [0.4, 0.5) is 11.4 Å². The highest BCUT2D eigenvalue weighted by Crippen LogP contribution is 2.65. The zero-order valence-electron chi connectivity index (χ0n) is 30.1. The van der Waals surface area contributed by atoms with E-state index >= 15 is 4.79 Å². The number of nitrogens with zero attached hydrogens (tertiary/aromatic N) is 2. The normalized spacial score (nSPS) is 25.6. The van der Waals surface area contributed by atoms with E-state index in [1.54, 1.807) is 48.5 Å². The van der Waals surface area contributed by atoms with Gasteiger partial charge in [-0.1, -0.05) is 59.7 Å². The summed E-state index contributed by atoms with van der Waals surface area (Å²) in [5.74, 6) is -8.64. The number of imide groups is 2. The van der Waals surface area contributed by atoms with Gasteiger partial charge in [-0.25, -0.2) is 9.69 Å². The number of carboxylic acid groups (broad SMARTS) is 1. The molecule has 4 N–H and O–H groups in total. The molecule has 4 amide bonds. The molecule has 6 atom stereocenters. The summed E-state index contributed by atoms with van der Waals surface area (Å²) in [4.78, 5) is 71.5. The highest BCUT2D eigenvalue weighted by molar-refractivity contribution is 6.23. The van der Waals surface area contributed by atoms with E-state index in [4.69, 9.17) is 9.47 Å². The number of aryl methyl sites for hydroxylation is 1. The molecule has 280 valence electrons. The lowest BCUT2D eigenvalue weighted by Gasteiger charge is -2.50. The number of phenols is 2. The molecule has 2 heterocycles. The summed E-state index contributed by atoms with van der Waals surface area (Å²) in [5.41, 5.74) is 4.35. The number of hydrogen-bond donors (Lipinski definition) is 4. The largest absolute Gasteiger partial charge is 0.507 e. The van der Waals surface area contributed by atoms with E-state index < -0.39 is 70.4 Å².